The van der Waals surface area contributed by atoms with E-state index < -0.39 is 16.7 Å². The van der Waals surface area contributed by atoms with Gasteiger partial charge in [-0.3, -0.25) is 19.7 Å². The van der Waals surface area contributed by atoms with Crippen LogP contribution in [0.15, 0.2) is 48.5 Å². The summed E-state index contributed by atoms with van der Waals surface area (Å²) >= 11 is 5.87. The number of non-ortho nitro benzene ring substituents is 1. The molecule has 8 heteroatoms. The van der Waals surface area contributed by atoms with E-state index >= 15 is 0 Å². The molecule has 0 unspecified atom stereocenters. The molecule has 0 radical (unpaired) electrons. The Labute approximate surface area is 130 Å². The molecule has 0 spiro atoms. The minimum absolute atomic E-state index is 0.112. The second-order valence-corrected chi connectivity index (χ2v) is 4.60. The number of nitrogens with zero attached hydrogens (tertiary/aromatic N) is 1. The van der Waals surface area contributed by atoms with Gasteiger partial charge in [0.25, 0.3) is 5.69 Å². The second-order valence-electron chi connectivity index (χ2n) is 4.19. The van der Waals surface area contributed by atoms with Crippen molar-refractivity contribution >= 4 is 40.5 Å². The van der Waals surface area contributed by atoms with Gasteiger partial charge in [0, 0.05) is 17.8 Å². The number of halogens is 1. The Morgan fingerprint density at radius 3 is 2.14 bits per heavy atom. The number of nitro benzene ring substituents is 1. The Morgan fingerprint density at radius 2 is 1.55 bits per heavy atom. The lowest BCUT2D eigenvalue weighted by atomic mass is 10.3. The number of para-hydroxylation sites is 1. The number of nitro groups is 1. The molecule has 0 aliphatic carbocycles. The summed E-state index contributed by atoms with van der Waals surface area (Å²) in [6.45, 7) is 0. The highest BCUT2D eigenvalue weighted by Gasteiger charge is 2.15. The SMILES string of the molecule is O=C(Nc1ccc([N+](=O)[O-])cc1)C(=O)Nc1ccccc1Cl. The Kier molecular flexibility index (Phi) is 4.70. The zero-order valence-corrected chi connectivity index (χ0v) is 11.8. The minimum Gasteiger partial charge on any atom is -0.318 e. The molecular formula is C14H10ClN3O4. The maximum absolute atomic E-state index is 11.8. The van der Waals surface area contributed by atoms with Crippen LogP contribution in [0, 0.1) is 10.1 Å². The molecule has 0 saturated heterocycles. The maximum Gasteiger partial charge on any atom is 0.314 e. The van der Waals surface area contributed by atoms with Crippen molar-refractivity contribution in [1.29, 1.82) is 0 Å². The van der Waals surface area contributed by atoms with Crippen LogP contribution in [-0.4, -0.2) is 16.7 Å². The van der Waals surface area contributed by atoms with E-state index in [2.05, 4.69) is 10.6 Å². The third-order valence-electron chi connectivity index (χ3n) is 2.66. The average Bonchev–Trinajstić information content (AvgIpc) is 2.50. The molecule has 22 heavy (non-hydrogen) atoms. The highest BCUT2D eigenvalue weighted by molar-refractivity contribution is 6.44. The Bertz CT molecular complexity index is 731. The predicted octanol–water partition coefficient (Wildman–Crippen LogP) is 2.83. The van der Waals surface area contributed by atoms with Crippen LogP contribution in [0.4, 0.5) is 17.1 Å². The number of rotatable bonds is 3. The molecule has 0 aromatic heterocycles. The summed E-state index contributed by atoms with van der Waals surface area (Å²) in [7, 11) is 0. The van der Waals surface area contributed by atoms with E-state index in [1.807, 2.05) is 0 Å². The van der Waals surface area contributed by atoms with Gasteiger partial charge in [0.05, 0.1) is 15.6 Å². The molecule has 0 heterocycles. The largest absolute Gasteiger partial charge is 0.318 e. The molecule has 2 aromatic carbocycles. The van der Waals surface area contributed by atoms with E-state index in [9.17, 15) is 19.7 Å². The molecule has 2 rings (SSSR count). The van der Waals surface area contributed by atoms with Gasteiger partial charge in [0.15, 0.2) is 0 Å². The minimum atomic E-state index is -0.909. The molecule has 2 amide bonds. The van der Waals surface area contributed by atoms with Crippen molar-refractivity contribution in [1.82, 2.24) is 0 Å². The fourth-order valence-corrected chi connectivity index (χ4v) is 1.78. The van der Waals surface area contributed by atoms with Crippen molar-refractivity contribution in [3.63, 3.8) is 0 Å². The molecular weight excluding hydrogens is 310 g/mol. The maximum atomic E-state index is 11.8. The highest BCUT2D eigenvalue weighted by atomic mass is 35.5. The predicted molar refractivity (Wildman–Crippen MR) is 81.8 cm³/mol. The number of nitrogens with one attached hydrogen (secondary N) is 2. The monoisotopic (exact) mass is 319 g/mol. The van der Waals surface area contributed by atoms with Crippen molar-refractivity contribution in [2.75, 3.05) is 10.6 Å². The van der Waals surface area contributed by atoms with Gasteiger partial charge in [-0.1, -0.05) is 23.7 Å². The van der Waals surface area contributed by atoms with Gasteiger partial charge < -0.3 is 10.6 Å². The molecule has 0 aliphatic heterocycles. The number of hydrogen-bond donors (Lipinski definition) is 2. The van der Waals surface area contributed by atoms with Gasteiger partial charge in [-0.05, 0) is 24.3 Å². The van der Waals surface area contributed by atoms with Crippen molar-refractivity contribution in [2.45, 2.75) is 0 Å². The van der Waals surface area contributed by atoms with Crippen molar-refractivity contribution in [3.8, 4) is 0 Å². The summed E-state index contributed by atoms with van der Waals surface area (Å²) in [6.07, 6.45) is 0. The molecule has 2 aromatic rings. The number of amides is 2. The number of anilines is 2. The lowest BCUT2D eigenvalue weighted by molar-refractivity contribution is -0.384. The van der Waals surface area contributed by atoms with Gasteiger partial charge in [0.1, 0.15) is 0 Å². The van der Waals surface area contributed by atoms with Crippen LogP contribution in [0.25, 0.3) is 0 Å². The molecule has 0 fully saturated rings. The summed E-state index contributed by atoms with van der Waals surface area (Å²) in [5.41, 5.74) is 0.469. The van der Waals surface area contributed by atoms with Gasteiger partial charge in [-0.25, -0.2) is 0 Å². The standard InChI is InChI=1S/C14H10ClN3O4/c15-11-3-1-2-4-12(11)17-14(20)13(19)16-9-5-7-10(8-6-9)18(21)22/h1-8H,(H,16,19)(H,17,20). The lowest BCUT2D eigenvalue weighted by Gasteiger charge is -2.07. The average molecular weight is 320 g/mol. The van der Waals surface area contributed by atoms with Crippen LogP contribution < -0.4 is 10.6 Å². The van der Waals surface area contributed by atoms with Crippen LogP contribution in [0.3, 0.4) is 0 Å². The molecule has 2 N–H and O–H groups in total. The number of hydrogen-bond acceptors (Lipinski definition) is 4. The first-order valence-corrected chi connectivity index (χ1v) is 6.46. The van der Waals surface area contributed by atoms with Gasteiger partial charge in [0.2, 0.25) is 0 Å². The third-order valence-corrected chi connectivity index (χ3v) is 2.99. The summed E-state index contributed by atoms with van der Waals surface area (Å²) in [4.78, 5) is 33.5. The van der Waals surface area contributed by atoms with Crippen LogP contribution in [-0.2, 0) is 9.59 Å². The van der Waals surface area contributed by atoms with Crippen LogP contribution in [0.2, 0.25) is 5.02 Å². The van der Waals surface area contributed by atoms with E-state index in [1.165, 1.54) is 24.3 Å². The fraction of sp³-hybridized carbons (Fsp3) is 0. The second kappa shape index (κ2) is 6.68. The Morgan fingerprint density at radius 1 is 0.955 bits per heavy atom. The molecule has 7 nitrogen and oxygen atoms in total. The summed E-state index contributed by atoms with van der Waals surface area (Å²) in [6, 6.07) is 11.6. The van der Waals surface area contributed by atoms with E-state index in [0.29, 0.717) is 10.7 Å². The van der Waals surface area contributed by atoms with Crippen LogP contribution in [0.5, 0.6) is 0 Å². The van der Waals surface area contributed by atoms with Crippen LogP contribution in [0.1, 0.15) is 0 Å². The summed E-state index contributed by atoms with van der Waals surface area (Å²) in [5, 5.41) is 15.5. The molecule has 0 atom stereocenters. The number of benzene rings is 2. The quantitative estimate of drug-likeness (QED) is 0.516. The fourth-order valence-electron chi connectivity index (χ4n) is 1.60. The first-order valence-electron chi connectivity index (χ1n) is 6.08. The zero-order valence-electron chi connectivity index (χ0n) is 11.1. The van der Waals surface area contributed by atoms with E-state index in [1.54, 1.807) is 24.3 Å². The number of carbonyl (C=O) groups excluding carboxylic acids is 2. The van der Waals surface area contributed by atoms with E-state index in [-0.39, 0.29) is 11.4 Å². The van der Waals surface area contributed by atoms with Crippen molar-refractivity contribution in [2.24, 2.45) is 0 Å². The molecule has 0 bridgehead atoms. The van der Waals surface area contributed by atoms with Crippen LogP contribution >= 0.6 is 11.6 Å². The summed E-state index contributed by atoms with van der Waals surface area (Å²) in [5.74, 6) is -1.81. The molecule has 0 saturated carbocycles. The first-order chi connectivity index (χ1) is 10.5. The summed E-state index contributed by atoms with van der Waals surface area (Å²) < 4.78 is 0. The third kappa shape index (κ3) is 3.80. The van der Waals surface area contributed by atoms with Gasteiger partial charge in [-0.15, -0.1) is 0 Å². The Hall–Kier alpha value is -2.93. The Balaban J connectivity index is 2.01. The van der Waals surface area contributed by atoms with Crippen molar-refractivity contribution in [3.05, 3.63) is 63.7 Å². The van der Waals surface area contributed by atoms with E-state index in [4.69, 9.17) is 11.6 Å². The first kappa shape index (κ1) is 15.5. The highest BCUT2D eigenvalue weighted by Crippen LogP contribution is 2.20. The zero-order chi connectivity index (χ0) is 16.1. The molecule has 112 valence electrons. The number of carbonyl (C=O) groups is 2. The van der Waals surface area contributed by atoms with Gasteiger partial charge in [-0.2, -0.15) is 0 Å². The van der Waals surface area contributed by atoms with Gasteiger partial charge >= 0.3 is 11.8 Å². The molecule has 0 aliphatic rings. The smallest absolute Gasteiger partial charge is 0.314 e. The topological polar surface area (TPSA) is 101 Å². The lowest BCUT2D eigenvalue weighted by Crippen LogP contribution is -2.29. The van der Waals surface area contributed by atoms with Crippen molar-refractivity contribution < 1.29 is 14.5 Å². The normalized spacial score (nSPS) is 9.86. The van der Waals surface area contributed by atoms with E-state index in [0.717, 1.165) is 0 Å².